The van der Waals surface area contributed by atoms with Gasteiger partial charge >= 0.3 is 11.9 Å². The number of methoxy groups -OCH3 is 2. The van der Waals surface area contributed by atoms with Crippen molar-refractivity contribution in [2.24, 2.45) is 0 Å². The monoisotopic (exact) mass is 404 g/mol. The Bertz CT molecular complexity index is 918. The minimum absolute atomic E-state index is 0.184. The maximum atomic E-state index is 12.4. The van der Waals surface area contributed by atoms with E-state index in [9.17, 15) is 14.4 Å². The molecule has 0 spiro atoms. The minimum atomic E-state index is -0.719. The fraction of sp³-hybridized carbons (Fsp3) is 0.350. The molecule has 0 atom stereocenters. The predicted octanol–water partition coefficient (Wildman–Crippen LogP) is 2.62. The van der Waals surface area contributed by atoms with Gasteiger partial charge in [0.1, 0.15) is 17.2 Å². The van der Waals surface area contributed by atoms with Gasteiger partial charge in [0.15, 0.2) is 6.61 Å². The van der Waals surface area contributed by atoms with E-state index in [-0.39, 0.29) is 17.9 Å². The van der Waals surface area contributed by atoms with Crippen molar-refractivity contribution < 1.29 is 33.3 Å². The fourth-order valence-corrected chi connectivity index (χ4v) is 2.75. The highest BCUT2D eigenvalue weighted by Gasteiger charge is 2.24. The molecule has 1 aromatic carbocycles. The first-order valence-corrected chi connectivity index (χ1v) is 8.87. The largest absolute Gasteiger partial charge is 0.497 e. The Balaban J connectivity index is 2.04. The van der Waals surface area contributed by atoms with Crippen LogP contribution in [0.3, 0.4) is 0 Å². The highest BCUT2D eigenvalue weighted by Crippen LogP contribution is 2.29. The normalized spacial score (nSPS) is 10.2. The molecule has 9 heteroatoms. The summed E-state index contributed by atoms with van der Waals surface area (Å²) in [7, 11) is 2.98. The van der Waals surface area contributed by atoms with E-state index in [4.69, 9.17) is 18.9 Å². The molecule has 1 amide bonds. The number of H-pyrrole nitrogens is 1. The zero-order valence-corrected chi connectivity index (χ0v) is 17.0. The van der Waals surface area contributed by atoms with E-state index >= 15 is 0 Å². The molecule has 2 rings (SSSR count). The van der Waals surface area contributed by atoms with E-state index < -0.39 is 24.5 Å². The summed E-state index contributed by atoms with van der Waals surface area (Å²) in [5.74, 6) is -0.846. The summed E-state index contributed by atoms with van der Waals surface area (Å²) in [6, 6.07) is 4.89. The third-order valence-electron chi connectivity index (χ3n) is 4.14. The molecular weight excluding hydrogens is 380 g/mol. The Hall–Kier alpha value is -3.49. The molecule has 0 aliphatic rings. The van der Waals surface area contributed by atoms with Crippen LogP contribution in [0.15, 0.2) is 18.2 Å². The molecule has 0 aliphatic carbocycles. The molecule has 0 saturated heterocycles. The molecule has 29 heavy (non-hydrogen) atoms. The molecule has 1 heterocycles. The van der Waals surface area contributed by atoms with Gasteiger partial charge < -0.3 is 29.2 Å². The second kappa shape index (κ2) is 9.63. The number of benzene rings is 1. The quantitative estimate of drug-likeness (QED) is 0.650. The Morgan fingerprint density at radius 3 is 2.38 bits per heavy atom. The number of anilines is 1. The molecule has 0 aliphatic heterocycles. The van der Waals surface area contributed by atoms with Gasteiger partial charge in [0, 0.05) is 11.8 Å². The summed E-state index contributed by atoms with van der Waals surface area (Å²) in [4.78, 5) is 39.4. The number of carbonyl (C=O) groups is 3. The van der Waals surface area contributed by atoms with Crippen LogP contribution in [0, 0.1) is 13.8 Å². The number of aromatic amines is 1. The number of ether oxygens (including phenoxy) is 4. The van der Waals surface area contributed by atoms with Gasteiger partial charge in [-0.3, -0.25) is 4.79 Å². The van der Waals surface area contributed by atoms with Crippen molar-refractivity contribution in [2.45, 2.75) is 20.8 Å². The highest BCUT2D eigenvalue weighted by molar-refractivity contribution is 6.00. The number of hydrogen-bond acceptors (Lipinski definition) is 7. The number of aryl methyl sites for hydroxylation is 1. The zero-order chi connectivity index (χ0) is 21.6. The van der Waals surface area contributed by atoms with Crippen molar-refractivity contribution in [2.75, 3.05) is 32.8 Å². The summed E-state index contributed by atoms with van der Waals surface area (Å²) < 4.78 is 20.4. The first-order chi connectivity index (χ1) is 13.8. The van der Waals surface area contributed by atoms with Gasteiger partial charge in [0.25, 0.3) is 5.91 Å². The number of rotatable bonds is 8. The SMILES string of the molecule is CCOC(=O)c1[nH]c(C)c(C(=O)OCC(=O)Nc2ccc(OC)cc2OC)c1C. The van der Waals surface area contributed by atoms with E-state index in [1.807, 2.05) is 0 Å². The van der Waals surface area contributed by atoms with E-state index in [2.05, 4.69) is 10.3 Å². The van der Waals surface area contributed by atoms with Crippen molar-refractivity contribution in [3.05, 3.63) is 40.7 Å². The highest BCUT2D eigenvalue weighted by atomic mass is 16.5. The lowest BCUT2D eigenvalue weighted by Gasteiger charge is -2.12. The van der Waals surface area contributed by atoms with Gasteiger partial charge in [-0.05, 0) is 38.5 Å². The second-order valence-electron chi connectivity index (χ2n) is 6.04. The number of aromatic nitrogens is 1. The lowest BCUT2D eigenvalue weighted by Crippen LogP contribution is -2.21. The Labute approximate surface area is 168 Å². The lowest BCUT2D eigenvalue weighted by molar-refractivity contribution is -0.119. The zero-order valence-electron chi connectivity index (χ0n) is 17.0. The smallest absolute Gasteiger partial charge is 0.355 e. The molecule has 9 nitrogen and oxygen atoms in total. The second-order valence-corrected chi connectivity index (χ2v) is 6.04. The van der Waals surface area contributed by atoms with Gasteiger partial charge in [-0.2, -0.15) is 0 Å². The first-order valence-electron chi connectivity index (χ1n) is 8.87. The van der Waals surface area contributed by atoms with E-state index in [1.54, 1.807) is 39.0 Å². The number of amides is 1. The molecule has 2 N–H and O–H groups in total. The molecule has 0 unspecified atom stereocenters. The third-order valence-corrected chi connectivity index (χ3v) is 4.14. The Morgan fingerprint density at radius 1 is 1.03 bits per heavy atom. The summed E-state index contributed by atoms with van der Waals surface area (Å²) in [6.07, 6.45) is 0. The molecule has 1 aromatic heterocycles. The number of hydrogen-bond donors (Lipinski definition) is 2. The average molecular weight is 404 g/mol. The summed E-state index contributed by atoms with van der Waals surface area (Å²) >= 11 is 0. The van der Waals surface area contributed by atoms with Crippen molar-refractivity contribution >= 4 is 23.5 Å². The van der Waals surface area contributed by atoms with Crippen LogP contribution >= 0.6 is 0 Å². The van der Waals surface area contributed by atoms with Crippen molar-refractivity contribution in [3.8, 4) is 11.5 Å². The van der Waals surface area contributed by atoms with Crippen LogP contribution in [0.2, 0.25) is 0 Å². The van der Waals surface area contributed by atoms with Crippen molar-refractivity contribution in [1.29, 1.82) is 0 Å². The molecule has 0 fully saturated rings. The van der Waals surface area contributed by atoms with Crippen molar-refractivity contribution in [1.82, 2.24) is 4.98 Å². The molecule has 0 radical (unpaired) electrons. The van der Waals surface area contributed by atoms with Gasteiger partial charge in [-0.25, -0.2) is 9.59 Å². The van der Waals surface area contributed by atoms with Crippen LogP contribution in [0.5, 0.6) is 11.5 Å². The van der Waals surface area contributed by atoms with E-state index in [0.717, 1.165) is 0 Å². The van der Waals surface area contributed by atoms with Crippen LogP contribution in [0.25, 0.3) is 0 Å². The van der Waals surface area contributed by atoms with Crippen LogP contribution in [-0.4, -0.2) is 50.3 Å². The third kappa shape index (κ3) is 5.07. The maximum Gasteiger partial charge on any atom is 0.355 e. The van der Waals surface area contributed by atoms with E-state index in [0.29, 0.717) is 28.4 Å². The van der Waals surface area contributed by atoms with E-state index in [1.165, 1.54) is 14.2 Å². The van der Waals surface area contributed by atoms with Crippen LogP contribution in [-0.2, 0) is 14.3 Å². The van der Waals surface area contributed by atoms with Gasteiger partial charge in [-0.15, -0.1) is 0 Å². The maximum absolute atomic E-state index is 12.4. The topological polar surface area (TPSA) is 116 Å². The number of carbonyl (C=O) groups excluding carboxylic acids is 3. The Kier molecular flexibility index (Phi) is 7.24. The van der Waals surface area contributed by atoms with Crippen LogP contribution in [0.1, 0.15) is 39.0 Å². The summed E-state index contributed by atoms with van der Waals surface area (Å²) in [5, 5.41) is 2.61. The van der Waals surface area contributed by atoms with Gasteiger partial charge in [-0.1, -0.05) is 0 Å². The molecular formula is C20H24N2O7. The number of nitrogens with one attached hydrogen (secondary N) is 2. The standard InChI is InChI=1S/C20H24N2O7/c1-6-28-20(25)18-11(2)17(12(3)21-18)19(24)29-10-16(23)22-14-8-7-13(26-4)9-15(14)27-5/h7-9,21H,6,10H2,1-5H3,(H,22,23). The fourth-order valence-electron chi connectivity index (χ4n) is 2.75. The Morgan fingerprint density at radius 2 is 1.76 bits per heavy atom. The van der Waals surface area contributed by atoms with Gasteiger partial charge in [0.2, 0.25) is 0 Å². The molecule has 2 aromatic rings. The van der Waals surface area contributed by atoms with Crippen LogP contribution in [0.4, 0.5) is 5.69 Å². The predicted molar refractivity (Wildman–Crippen MR) is 105 cm³/mol. The molecule has 0 bridgehead atoms. The average Bonchev–Trinajstić information content (AvgIpc) is 3.00. The van der Waals surface area contributed by atoms with Crippen LogP contribution < -0.4 is 14.8 Å². The lowest BCUT2D eigenvalue weighted by atomic mass is 10.1. The first kappa shape index (κ1) is 21.8. The summed E-state index contributed by atoms with van der Waals surface area (Å²) in [5.41, 5.74) is 1.65. The minimum Gasteiger partial charge on any atom is -0.497 e. The van der Waals surface area contributed by atoms with Gasteiger partial charge in [0.05, 0.1) is 32.1 Å². The molecule has 156 valence electrons. The number of esters is 2. The van der Waals surface area contributed by atoms with Crippen molar-refractivity contribution in [3.63, 3.8) is 0 Å². The summed E-state index contributed by atoms with van der Waals surface area (Å²) in [6.45, 7) is 4.63. The molecule has 0 saturated carbocycles.